The highest BCUT2D eigenvalue weighted by Crippen LogP contribution is 2.13. The molecule has 0 N–H and O–H groups in total. The van der Waals surface area contributed by atoms with Crippen molar-refractivity contribution in [3.8, 4) is 12.0 Å². The molecule has 0 saturated heterocycles. The van der Waals surface area contributed by atoms with Crippen molar-refractivity contribution in [2.75, 3.05) is 33.5 Å². The lowest BCUT2D eigenvalue weighted by molar-refractivity contribution is 0.0525. The summed E-state index contributed by atoms with van der Waals surface area (Å²) in [6, 6.07) is 0.260. The summed E-state index contributed by atoms with van der Waals surface area (Å²) in [4.78, 5) is 11.6. The number of hydrogen-bond donors (Lipinski definition) is 0. The van der Waals surface area contributed by atoms with E-state index in [0.717, 1.165) is 0 Å². The van der Waals surface area contributed by atoms with E-state index in [0.29, 0.717) is 26.4 Å². The Hall–Kier alpha value is -1.18. The summed E-state index contributed by atoms with van der Waals surface area (Å²) in [6.07, 6.45) is -0.0521. The largest absolute Gasteiger partial charge is 0.461 e. The molecule has 0 aliphatic heterocycles. The highest BCUT2D eigenvalue weighted by Gasteiger charge is 2.08. The number of nitrogens with zero attached hydrogens (tertiary/aromatic N) is 3. The van der Waals surface area contributed by atoms with Gasteiger partial charge in [0.25, 0.3) is 0 Å². The van der Waals surface area contributed by atoms with Gasteiger partial charge in [-0.25, -0.2) is 0 Å². The fourth-order valence-corrected chi connectivity index (χ4v) is 1.22. The van der Waals surface area contributed by atoms with Gasteiger partial charge >= 0.3 is 12.0 Å². The molecule has 0 unspecified atom stereocenters. The fraction of sp³-hybridized carbons (Fsp3) is 0.727. The van der Waals surface area contributed by atoms with Crippen LogP contribution in [-0.2, 0) is 9.47 Å². The predicted octanol–water partition coefficient (Wildman–Crippen LogP) is 1.35. The minimum atomic E-state index is -0.0521. The Balaban J connectivity index is 2.38. The summed E-state index contributed by atoms with van der Waals surface area (Å²) in [7, 11) is 1.61. The first-order valence-electron chi connectivity index (χ1n) is 5.89. The highest BCUT2D eigenvalue weighted by atomic mass is 35.5. The zero-order valence-electron chi connectivity index (χ0n) is 11.3. The Bertz CT molecular complexity index is 379. The summed E-state index contributed by atoms with van der Waals surface area (Å²) < 4.78 is 20.7. The smallest absolute Gasteiger partial charge is 0.324 e. The minimum absolute atomic E-state index is 0.0287. The quantitative estimate of drug-likeness (QED) is 0.636. The Morgan fingerprint density at radius 3 is 2.37 bits per heavy atom. The third-order valence-electron chi connectivity index (χ3n) is 1.80. The van der Waals surface area contributed by atoms with Gasteiger partial charge in [0.2, 0.25) is 5.28 Å². The van der Waals surface area contributed by atoms with Gasteiger partial charge in [-0.3, -0.25) is 0 Å². The summed E-state index contributed by atoms with van der Waals surface area (Å²) in [5, 5.41) is 0.0287. The van der Waals surface area contributed by atoms with Crippen LogP contribution in [0.3, 0.4) is 0 Å². The molecule has 0 aliphatic carbocycles. The standard InChI is InChI=1S/C11H18ClN3O4/c1-8(2)19-11-14-9(12)13-10(15-11)18-7-6-17-5-4-16-3/h8H,4-7H2,1-3H3. The van der Waals surface area contributed by atoms with Gasteiger partial charge in [0.1, 0.15) is 6.61 Å². The lowest BCUT2D eigenvalue weighted by atomic mass is 10.5. The molecule has 1 heterocycles. The second kappa shape index (κ2) is 8.84. The van der Waals surface area contributed by atoms with Crippen LogP contribution in [0.25, 0.3) is 0 Å². The van der Waals surface area contributed by atoms with E-state index in [2.05, 4.69) is 15.0 Å². The molecule has 0 aliphatic rings. The lowest BCUT2D eigenvalue weighted by Gasteiger charge is -2.09. The number of methoxy groups -OCH3 is 1. The van der Waals surface area contributed by atoms with Crippen molar-refractivity contribution >= 4 is 11.6 Å². The van der Waals surface area contributed by atoms with E-state index in [1.54, 1.807) is 7.11 Å². The van der Waals surface area contributed by atoms with Crippen LogP contribution in [0.5, 0.6) is 12.0 Å². The highest BCUT2D eigenvalue weighted by molar-refractivity contribution is 6.28. The van der Waals surface area contributed by atoms with E-state index in [4.69, 9.17) is 30.5 Å². The second-order valence-corrected chi connectivity index (χ2v) is 4.13. The van der Waals surface area contributed by atoms with Crippen LogP contribution in [-0.4, -0.2) is 54.6 Å². The van der Waals surface area contributed by atoms with Crippen LogP contribution < -0.4 is 9.47 Å². The molecule has 0 bridgehead atoms. The monoisotopic (exact) mass is 291 g/mol. The molecule has 1 aromatic rings. The minimum Gasteiger partial charge on any atom is -0.461 e. The molecule has 0 amide bonds. The van der Waals surface area contributed by atoms with Gasteiger partial charge < -0.3 is 18.9 Å². The molecular formula is C11H18ClN3O4. The normalized spacial score (nSPS) is 10.8. The predicted molar refractivity (Wildman–Crippen MR) is 68.8 cm³/mol. The van der Waals surface area contributed by atoms with E-state index in [9.17, 15) is 0 Å². The van der Waals surface area contributed by atoms with Gasteiger partial charge in [0.15, 0.2) is 0 Å². The number of halogens is 1. The Kier molecular flexibility index (Phi) is 7.39. The lowest BCUT2D eigenvalue weighted by Crippen LogP contribution is -2.13. The molecule has 0 fully saturated rings. The average Bonchev–Trinajstić information content (AvgIpc) is 2.32. The van der Waals surface area contributed by atoms with Crippen molar-refractivity contribution in [3.05, 3.63) is 5.28 Å². The van der Waals surface area contributed by atoms with Gasteiger partial charge in [0.05, 0.1) is 25.9 Å². The maximum Gasteiger partial charge on any atom is 0.324 e. The summed E-state index contributed by atoms with van der Waals surface area (Å²) in [6.45, 7) is 5.51. The van der Waals surface area contributed by atoms with Gasteiger partial charge in [-0.05, 0) is 25.4 Å². The van der Waals surface area contributed by atoms with Crippen molar-refractivity contribution < 1.29 is 18.9 Å². The molecule has 0 saturated carbocycles. The number of ether oxygens (including phenoxy) is 4. The zero-order valence-corrected chi connectivity index (χ0v) is 12.0. The SMILES string of the molecule is COCCOCCOc1nc(Cl)nc(OC(C)C)n1. The van der Waals surface area contributed by atoms with Gasteiger partial charge in [-0.15, -0.1) is 4.98 Å². The molecule has 7 nitrogen and oxygen atoms in total. The molecule has 1 rings (SSSR count). The molecule has 0 radical (unpaired) electrons. The van der Waals surface area contributed by atoms with Gasteiger partial charge in [-0.2, -0.15) is 9.97 Å². The zero-order chi connectivity index (χ0) is 14.1. The maximum atomic E-state index is 5.74. The van der Waals surface area contributed by atoms with Crippen molar-refractivity contribution in [3.63, 3.8) is 0 Å². The van der Waals surface area contributed by atoms with Crippen LogP contribution in [0.4, 0.5) is 0 Å². The van der Waals surface area contributed by atoms with Crippen LogP contribution >= 0.6 is 11.6 Å². The maximum absolute atomic E-state index is 5.74. The average molecular weight is 292 g/mol. The molecule has 19 heavy (non-hydrogen) atoms. The van der Waals surface area contributed by atoms with E-state index in [1.165, 1.54) is 0 Å². The van der Waals surface area contributed by atoms with Crippen molar-refractivity contribution in [2.24, 2.45) is 0 Å². The molecule has 108 valence electrons. The van der Waals surface area contributed by atoms with Crippen LogP contribution in [0.2, 0.25) is 5.28 Å². The Morgan fingerprint density at radius 2 is 1.68 bits per heavy atom. The van der Waals surface area contributed by atoms with Crippen molar-refractivity contribution in [1.82, 2.24) is 15.0 Å². The Morgan fingerprint density at radius 1 is 1.00 bits per heavy atom. The number of rotatable bonds is 9. The third-order valence-corrected chi connectivity index (χ3v) is 1.97. The first-order valence-corrected chi connectivity index (χ1v) is 6.27. The molecule has 0 spiro atoms. The fourth-order valence-electron chi connectivity index (χ4n) is 1.08. The van der Waals surface area contributed by atoms with E-state index >= 15 is 0 Å². The van der Waals surface area contributed by atoms with Crippen LogP contribution in [0.1, 0.15) is 13.8 Å². The third kappa shape index (κ3) is 7.09. The van der Waals surface area contributed by atoms with Gasteiger partial charge in [0, 0.05) is 7.11 Å². The van der Waals surface area contributed by atoms with Gasteiger partial charge in [-0.1, -0.05) is 0 Å². The molecule has 8 heteroatoms. The molecule has 0 aromatic carbocycles. The second-order valence-electron chi connectivity index (χ2n) is 3.79. The molecule has 0 atom stereocenters. The van der Waals surface area contributed by atoms with E-state index in [-0.39, 0.29) is 23.4 Å². The number of hydrogen-bond acceptors (Lipinski definition) is 7. The first-order chi connectivity index (χ1) is 9.11. The Labute approximate surface area is 117 Å². The summed E-state index contributed by atoms with van der Waals surface area (Å²) in [5.74, 6) is 0. The summed E-state index contributed by atoms with van der Waals surface area (Å²) >= 11 is 5.74. The van der Waals surface area contributed by atoms with Crippen molar-refractivity contribution in [2.45, 2.75) is 20.0 Å². The van der Waals surface area contributed by atoms with Crippen LogP contribution in [0.15, 0.2) is 0 Å². The number of aromatic nitrogens is 3. The van der Waals surface area contributed by atoms with E-state index in [1.807, 2.05) is 13.8 Å². The molecular weight excluding hydrogens is 274 g/mol. The van der Waals surface area contributed by atoms with Crippen molar-refractivity contribution in [1.29, 1.82) is 0 Å². The van der Waals surface area contributed by atoms with E-state index < -0.39 is 0 Å². The van der Waals surface area contributed by atoms with Crippen LogP contribution in [0, 0.1) is 0 Å². The topological polar surface area (TPSA) is 75.6 Å². The first kappa shape index (κ1) is 15.9. The summed E-state index contributed by atoms with van der Waals surface area (Å²) in [5.41, 5.74) is 0. The molecule has 1 aromatic heterocycles.